The summed E-state index contributed by atoms with van der Waals surface area (Å²) >= 11 is 2.14. The second-order valence-corrected chi connectivity index (χ2v) is 7.54. The summed E-state index contributed by atoms with van der Waals surface area (Å²) in [7, 11) is 0. The van der Waals surface area contributed by atoms with Crippen molar-refractivity contribution in [2.24, 2.45) is 0 Å². The van der Waals surface area contributed by atoms with Gasteiger partial charge in [-0.15, -0.1) is 0 Å². The number of rotatable bonds is 3. The largest absolute Gasteiger partial charge is 0.440 e. The number of carbonyl (C=O) groups is 2. The molecule has 1 aromatic heterocycles. The second-order valence-electron chi connectivity index (χ2n) is 6.29. The maximum absolute atomic E-state index is 15.1. The molecule has 0 radical (unpaired) electrons. The molecular weight excluding hydrogens is 497 g/mol. The zero-order chi connectivity index (χ0) is 20.7. The van der Waals surface area contributed by atoms with Crippen molar-refractivity contribution in [3.63, 3.8) is 0 Å². The van der Waals surface area contributed by atoms with Crippen LogP contribution in [0.5, 0.6) is 0 Å². The van der Waals surface area contributed by atoms with Crippen LogP contribution in [0, 0.1) is 22.1 Å². The van der Waals surface area contributed by atoms with Crippen LogP contribution < -0.4 is 10.2 Å². The third-order valence-electron chi connectivity index (χ3n) is 4.44. The highest BCUT2D eigenvalue weighted by atomic mass is 127. The number of cyclic esters (lactones) is 1. The summed E-state index contributed by atoms with van der Waals surface area (Å²) in [5.74, 6) is -4.22. The zero-order valence-electron chi connectivity index (χ0n) is 14.9. The quantitative estimate of drug-likeness (QED) is 0.409. The SMILES string of the molecule is Cc1cc(I)ccc1N1COC(=O)c2cc(C(=O)Nc3ccn[nH]3)c(F)c(F)c21. The Hall–Kier alpha value is -3.02. The summed E-state index contributed by atoms with van der Waals surface area (Å²) in [6.45, 7) is 1.54. The van der Waals surface area contributed by atoms with Crippen molar-refractivity contribution in [3.8, 4) is 0 Å². The predicted molar refractivity (Wildman–Crippen MR) is 109 cm³/mol. The number of ether oxygens (including phenoxy) is 1. The van der Waals surface area contributed by atoms with E-state index in [0.717, 1.165) is 15.2 Å². The second kappa shape index (κ2) is 7.43. The van der Waals surface area contributed by atoms with Gasteiger partial charge in [0.25, 0.3) is 5.91 Å². The number of carbonyl (C=O) groups excluding carboxylic acids is 2. The lowest BCUT2D eigenvalue weighted by Gasteiger charge is -2.32. The molecule has 2 heterocycles. The number of anilines is 3. The number of aromatic amines is 1. The summed E-state index contributed by atoms with van der Waals surface area (Å²) in [6.07, 6.45) is 1.39. The molecule has 0 bridgehead atoms. The summed E-state index contributed by atoms with van der Waals surface area (Å²) < 4.78 is 36.0. The number of fused-ring (bicyclic) bond motifs is 1. The average Bonchev–Trinajstić information content (AvgIpc) is 3.18. The molecule has 0 fully saturated rings. The van der Waals surface area contributed by atoms with E-state index >= 15 is 4.39 Å². The number of H-pyrrole nitrogens is 1. The summed E-state index contributed by atoms with van der Waals surface area (Å²) in [6, 6.07) is 7.85. The number of benzene rings is 2. The van der Waals surface area contributed by atoms with Crippen molar-refractivity contribution in [1.82, 2.24) is 10.2 Å². The Kier molecular flexibility index (Phi) is 4.94. The number of nitrogens with zero attached hydrogens (tertiary/aromatic N) is 2. The molecule has 0 spiro atoms. The van der Waals surface area contributed by atoms with Gasteiger partial charge in [0.05, 0.1) is 23.0 Å². The van der Waals surface area contributed by atoms with Crippen LogP contribution in [0.4, 0.5) is 26.0 Å². The van der Waals surface area contributed by atoms with Gasteiger partial charge in [0.1, 0.15) is 5.82 Å². The van der Waals surface area contributed by atoms with Gasteiger partial charge in [-0.3, -0.25) is 9.89 Å². The minimum Gasteiger partial charge on any atom is -0.440 e. The number of amides is 1. The fourth-order valence-electron chi connectivity index (χ4n) is 3.09. The van der Waals surface area contributed by atoms with Crippen LogP contribution >= 0.6 is 22.6 Å². The lowest BCUT2D eigenvalue weighted by Crippen LogP contribution is -2.33. The van der Waals surface area contributed by atoms with Gasteiger partial charge < -0.3 is 15.0 Å². The normalized spacial score (nSPS) is 13.1. The molecule has 0 atom stereocenters. The first-order valence-electron chi connectivity index (χ1n) is 8.40. The Morgan fingerprint density at radius 2 is 2.07 bits per heavy atom. The first-order chi connectivity index (χ1) is 13.9. The predicted octanol–water partition coefficient (Wildman–Crippen LogP) is 4.12. The van der Waals surface area contributed by atoms with Crippen molar-refractivity contribution < 1.29 is 23.1 Å². The van der Waals surface area contributed by atoms with Gasteiger partial charge >= 0.3 is 5.97 Å². The number of aromatic nitrogens is 2. The summed E-state index contributed by atoms with van der Waals surface area (Å²) in [4.78, 5) is 26.0. The average molecular weight is 510 g/mol. The highest BCUT2D eigenvalue weighted by Crippen LogP contribution is 2.38. The van der Waals surface area contributed by atoms with Gasteiger partial charge in [-0.25, -0.2) is 13.6 Å². The van der Waals surface area contributed by atoms with Crippen LogP contribution in [-0.4, -0.2) is 28.8 Å². The lowest BCUT2D eigenvalue weighted by molar-refractivity contribution is 0.0491. The molecule has 29 heavy (non-hydrogen) atoms. The molecule has 4 rings (SSSR count). The van der Waals surface area contributed by atoms with Crippen LogP contribution in [0.15, 0.2) is 36.5 Å². The van der Waals surface area contributed by atoms with Crippen LogP contribution in [0.1, 0.15) is 26.3 Å². The van der Waals surface area contributed by atoms with E-state index in [4.69, 9.17) is 4.74 Å². The smallest absolute Gasteiger partial charge is 0.342 e. The highest BCUT2D eigenvalue weighted by molar-refractivity contribution is 14.1. The van der Waals surface area contributed by atoms with Gasteiger partial charge in [0.15, 0.2) is 18.4 Å². The molecule has 2 N–H and O–H groups in total. The van der Waals surface area contributed by atoms with E-state index in [0.29, 0.717) is 5.69 Å². The third-order valence-corrected chi connectivity index (χ3v) is 5.11. The van der Waals surface area contributed by atoms with E-state index in [-0.39, 0.29) is 23.8 Å². The van der Waals surface area contributed by atoms with Crippen molar-refractivity contribution in [1.29, 1.82) is 0 Å². The zero-order valence-corrected chi connectivity index (χ0v) is 17.1. The molecular formula is C19H13F2IN4O3. The first kappa shape index (κ1) is 19.3. The Morgan fingerprint density at radius 1 is 1.28 bits per heavy atom. The molecule has 1 aliphatic rings. The van der Waals surface area contributed by atoms with E-state index < -0.39 is 29.1 Å². The van der Waals surface area contributed by atoms with Gasteiger partial charge in [-0.05, 0) is 59.3 Å². The standard InChI is InChI=1S/C19H13F2IN4O3/c1-9-6-10(22)2-3-13(9)26-8-29-19(28)12-7-11(15(20)16(21)17(12)26)18(27)24-14-4-5-23-25-14/h2-7H,8H2,1H3,(H2,23,24,25,27). The van der Waals surface area contributed by atoms with E-state index in [2.05, 4.69) is 38.1 Å². The molecule has 0 aliphatic carbocycles. The monoisotopic (exact) mass is 510 g/mol. The molecule has 3 aromatic rings. The molecule has 0 saturated carbocycles. The summed E-state index contributed by atoms with van der Waals surface area (Å²) in [5.41, 5.74) is 0.242. The van der Waals surface area contributed by atoms with Crippen LogP contribution in [0.2, 0.25) is 0 Å². The van der Waals surface area contributed by atoms with Gasteiger partial charge in [0.2, 0.25) is 0 Å². The van der Waals surface area contributed by atoms with E-state index in [9.17, 15) is 14.0 Å². The third kappa shape index (κ3) is 3.43. The molecule has 2 aromatic carbocycles. The van der Waals surface area contributed by atoms with Crippen molar-refractivity contribution in [2.75, 3.05) is 16.9 Å². The lowest BCUT2D eigenvalue weighted by atomic mass is 10.0. The first-order valence-corrected chi connectivity index (χ1v) is 9.48. The van der Waals surface area contributed by atoms with Crippen molar-refractivity contribution in [3.05, 3.63) is 68.4 Å². The van der Waals surface area contributed by atoms with E-state index in [1.165, 1.54) is 17.2 Å². The molecule has 7 nitrogen and oxygen atoms in total. The minimum absolute atomic E-state index is 0.200. The minimum atomic E-state index is -1.36. The maximum atomic E-state index is 15.1. The number of halogens is 3. The number of hydrogen-bond donors (Lipinski definition) is 2. The number of aryl methyl sites for hydroxylation is 1. The molecule has 1 amide bonds. The fourth-order valence-corrected chi connectivity index (χ4v) is 3.74. The summed E-state index contributed by atoms with van der Waals surface area (Å²) in [5, 5.41) is 8.50. The van der Waals surface area contributed by atoms with E-state index in [1.807, 2.05) is 13.0 Å². The fraction of sp³-hybridized carbons (Fsp3) is 0.105. The molecule has 148 valence electrons. The number of nitrogens with one attached hydrogen (secondary N) is 2. The van der Waals surface area contributed by atoms with E-state index in [1.54, 1.807) is 12.1 Å². The topological polar surface area (TPSA) is 87.3 Å². The van der Waals surface area contributed by atoms with Gasteiger partial charge in [-0.2, -0.15) is 5.10 Å². The highest BCUT2D eigenvalue weighted by Gasteiger charge is 2.34. The van der Waals surface area contributed by atoms with Crippen molar-refractivity contribution >= 4 is 51.7 Å². The Bertz CT molecular complexity index is 1130. The Balaban J connectivity index is 1.82. The van der Waals surface area contributed by atoms with Crippen LogP contribution in [0.3, 0.4) is 0 Å². The molecule has 1 aliphatic heterocycles. The Labute approximate surface area is 177 Å². The Morgan fingerprint density at radius 3 is 2.76 bits per heavy atom. The van der Waals surface area contributed by atoms with Crippen LogP contribution in [-0.2, 0) is 4.74 Å². The van der Waals surface area contributed by atoms with Gasteiger partial charge in [-0.1, -0.05) is 0 Å². The van der Waals surface area contributed by atoms with Crippen LogP contribution in [0.25, 0.3) is 0 Å². The number of esters is 1. The molecule has 0 saturated heterocycles. The maximum Gasteiger partial charge on any atom is 0.342 e. The molecule has 10 heteroatoms. The molecule has 0 unspecified atom stereocenters. The van der Waals surface area contributed by atoms with Crippen molar-refractivity contribution in [2.45, 2.75) is 6.92 Å². The van der Waals surface area contributed by atoms with Gasteiger partial charge in [0, 0.05) is 15.3 Å². The number of hydrogen-bond acceptors (Lipinski definition) is 5.